The van der Waals surface area contributed by atoms with Crippen molar-refractivity contribution in [2.24, 2.45) is 0 Å². The fraction of sp³-hybridized carbons (Fsp3) is 0.158. The van der Waals surface area contributed by atoms with Gasteiger partial charge in [0.2, 0.25) is 0 Å². The molecule has 1 N–H and O–H groups in total. The summed E-state index contributed by atoms with van der Waals surface area (Å²) in [7, 11) is 1.58. The Morgan fingerprint density at radius 3 is 2.36 bits per heavy atom. The molecule has 9 heteroatoms. The van der Waals surface area contributed by atoms with Gasteiger partial charge in [-0.1, -0.05) is 59.3 Å². The van der Waals surface area contributed by atoms with Gasteiger partial charge >= 0.3 is 0 Å². The number of thiocarbonyl (C=S) groups is 1. The van der Waals surface area contributed by atoms with E-state index in [0.29, 0.717) is 42.1 Å². The largest absolute Gasteiger partial charge is 0.493 e. The number of carbonyl (C=O) groups is 1. The highest BCUT2D eigenvalue weighted by molar-refractivity contribution is 8.26. The molecule has 1 heterocycles. The van der Waals surface area contributed by atoms with Crippen LogP contribution in [0.5, 0.6) is 17.2 Å². The fourth-order valence-electron chi connectivity index (χ4n) is 2.41. The maximum absolute atomic E-state index is 11.8. The van der Waals surface area contributed by atoms with E-state index in [1.165, 1.54) is 11.8 Å². The summed E-state index contributed by atoms with van der Waals surface area (Å²) in [6.07, 6.45) is 1.67. The van der Waals surface area contributed by atoms with E-state index in [9.17, 15) is 4.79 Å². The Morgan fingerprint density at radius 1 is 1.11 bits per heavy atom. The van der Waals surface area contributed by atoms with Gasteiger partial charge in [-0.2, -0.15) is 0 Å². The lowest BCUT2D eigenvalue weighted by atomic mass is 10.2. The number of benzene rings is 2. The van der Waals surface area contributed by atoms with Crippen LogP contribution in [-0.2, 0) is 4.79 Å². The Labute approximate surface area is 181 Å². The number of hydrogen-bond donors (Lipinski definition) is 1. The zero-order valence-corrected chi connectivity index (χ0v) is 17.8. The average molecular weight is 456 g/mol. The lowest BCUT2D eigenvalue weighted by molar-refractivity contribution is -0.115. The first-order chi connectivity index (χ1) is 13.5. The number of halogens is 2. The number of para-hydroxylation sites is 2. The van der Waals surface area contributed by atoms with Crippen molar-refractivity contribution in [3.63, 3.8) is 0 Å². The topological polar surface area (TPSA) is 56.8 Å². The number of amides is 1. The molecular formula is C19H15Cl2NO4S2. The van der Waals surface area contributed by atoms with Crippen LogP contribution < -0.4 is 19.5 Å². The molecule has 0 aromatic heterocycles. The standard InChI is InChI=1S/C19H15Cl2NO4S2/c1-24-14-4-2-3-5-15(14)25-6-7-26-17-12(20)8-11(9-13(17)21)10-16-18(23)22-19(27)28-16/h2-5,8-10H,6-7H2,1H3,(H,22,23,27). The van der Waals surface area contributed by atoms with Gasteiger partial charge in [0.25, 0.3) is 5.91 Å². The van der Waals surface area contributed by atoms with Gasteiger partial charge in [0, 0.05) is 0 Å². The Morgan fingerprint density at radius 2 is 1.75 bits per heavy atom. The SMILES string of the molecule is COc1ccccc1OCCOc1c(Cl)cc(C=C2SC(=S)NC2=O)cc1Cl. The molecule has 1 fully saturated rings. The zero-order valence-electron chi connectivity index (χ0n) is 14.7. The number of nitrogens with one attached hydrogen (secondary N) is 1. The Bertz CT molecular complexity index is 926. The van der Waals surface area contributed by atoms with Gasteiger partial charge in [0.05, 0.1) is 22.1 Å². The number of methoxy groups -OCH3 is 1. The summed E-state index contributed by atoms with van der Waals surface area (Å²) < 4.78 is 17.0. The van der Waals surface area contributed by atoms with Crippen LogP contribution in [0.4, 0.5) is 0 Å². The van der Waals surface area contributed by atoms with Crippen molar-refractivity contribution in [1.29, 1.82) is 0 Å². The average Bonchev–Trinajstić information content (AvgIpc) is 2.97. The molecule has 0 atom stereocenters. The predicted octanol–water partition coefficient (Wildman–Crippen LogP) is 4.95. The highest BCUT2D eigenvalue weighted by atomic mass is 35.5. The van der Waals surface area contributed by atoms with Crippen molar-refractivity contribution in [2.75, 3.05) is 20.3 Å². The second kappa shape index (κ2) is 9.52. The quantitative estimate of drug-likeness (QED) is 0.362. The minimum Gasteiger partial charge on any atom is -0.493 e. The molecule has 2 aromatic carbocycles. The molecule has 0 aliphatic carbocycles. The van der Waals surface area contributed by atoms with E-state index in [0.717, 1.165) is 0 Å². The molecule has 0 radical (unpaired) electrons. The summed E-state index contributed by atoms with van der Waals surface area (Å²) in [6, 6.07) is 10.7. The first-order valence-corrected chi connectivity index (χ1v) is 10.1. The van der Waals surface area contributed by atoms with Crippen molar-refractivity contribution in [1.82, 2.24) is 5.32 Å². The van der Waals surface area contributed by atoms with Crippen molar-refractivity contribution < 1.29 is 19.0 Å². The first-order valence-electron chi connectivity index (χ1n) is 8.10. The number of hydrogen-bond acceptors (Lipinski definition) is 6. The third-order valence-corrected chi connectivity index (χ3v) is 5.34. The number of thioether (sulfide) groups is 1. The molecule has 28 heavy (non-hydrogen) atoms. The van der Waals surface area contributed by atoms with Crippen LogP contribution in [0.15, 0.2) is 41.3 Å². The third-order valence-electron chi connectivity index (χ3n) is 3.62. The zero-order chi connectivity index (χ0) is 20.1. The number of ether oxygens (including phenoxy) is 3. The van der Waals surface area contributed by atoms with E-state index in [4.69, 9.17) is 49.6 Å². The molecule has 1 aliphatic rings. The summed E-state index contributed by atoms with van der Waals surface area (Å²) in [5.74, 6) is 1.38. The van der Waals surface area contributed by atoms with Gasteiger partial charge in [0.1, 0.15) is 17.5 Å². The van der Waals surface area contributed by atoms with Crippen LogP contribution in [0.2, 0.25) is 10.0 Å². The smallest absolute Gasteiger partial charge is 0.263 e. The molecule has 1 amide bonds. The van der Waals surface area contributed by atoms with Crippen molar-refractivity contribution in [3.05, 3.63) is 56.9 Å². The van der Waals surface area contributed by atoms with Gasteiger partial charge in [0.15, 0.2) is 17.2 Å². The van der Waals surface area contributed by atoms with Gasteiger partial charge in [-0.05, 0) is 35.9 Å². The van der Waals surface area contributed by atoms with Gasteiger partial charge in [-0.3, -0.25) is 4.79 Å². The first kappa shape index (κ1) is 20.8. The Kier molecular flexibility index (Phi) is 7.07. The summed E-state index contributed by atoms with van der Waals surface area (Å²) in [5.41, 5.74) is 0.676. The molecule has 0 bridgehead atoms. The van der Waals surface area contributed by atoms with E-state index < -0.39 is 0 Å². The van der Waals surface area contributed by atoms with Crippen molar-refractivity contribution >= 4 is 63.5 Å². The van der Waals surface area contributed by atoms with Gasteiger partial charge < -0.3 is 19.5 Å². The normalized spacial score (nSPS) is 14.9. The van der Waals surface area contributed by atoms with E-state index in [-0.39, 0.29) is 19.1 Å². The van der Waals surface area contributed by atoms with Crippen LogP contribution in [0.25, 0.3) is 6.08 Å². The molecule has 0 spiro atoms. The van der Waals surface area contributed by atoms with E-state index in [2.05, 4.69) is 5.32 Å². The molecule has 0 saturated carbocycles. The number of rotatable bonds is 7. The Hall–Kier alpha value is -1.93. The maximum Gasteiger partial charge on any atom is 0.263 e. The van der Waals surface area contributed by atoms with Crippen LogP contribution in [0.3, 0.4) is 0 Å². The lowest BCUT2D eigenvalue weighted by Crippen LogP contribution is -2.17. The minimum absolute atomic E-state index is 0.240. The van der Waals surface area contributed by atoms with Crippen molar-refractivity contribution in [3.8, 4) is 17.2 Å². The third kappa shape index (κ3) is 5.11. The predicted molar refractivity (Wildman–Crippen MR) is 117 cm³/mol. The van der Waals surface area contributed by atoms with Gasteiger partial charge in [-0.15, -0.1) is 0 Å². The fourth-order valence-corrected chi connectivity index (χ4v) is 4.06. The lowest BCUT2D eigenvalue weighted by Gasteiger charge is -2.13. The molecule has 0 unspecified atom stereocenters. The van der Waals surface area contributed by atoms with Gasteiger partial charge in [-0.25, -0.2) is 0 Å². The van der Waals surface area contributed by atoms with Crippen LogP contribution in [0, 0.1) is 0 Å². The summed E-state index contributed by atoms with van der Waals surface area (Å²) in [5, 5.41) is 3.23. The van der Waals surface area contributed by atoms with Crippen LogP contribution in [-0.4, -0.2) is 30.6 Å². The van der Waals surface area contributed by atoms with E-state index in [1.807, 2.05) is 24.3 Å². The molecule has 2 aromatic rings. The minimum atomic E-state index is -0.240. The molecule has 5 nitrogen and oxygen atoms in total. The molecule has 1 saturated heterocycles. The van der Waals surface area contributed by atoms with Crippen LogP contribution in [0.1, 0.15) is 5.56 Å². The number of carbonyl (C=O) groups excluding carboxylic acids is 1. The summed E-state index contributed by atoms with van der Waals surface area (Å²) in [6.45, 7) is 0.525. The molecule has 1 aliphatic heterocycles. The second-order valence-corrected chi connectivity index (χ2v) is 8.05. The van der Waals surface area contributed by atoms with Crippen LogP contribution >= 0.6 is 47.2 Å². The van der Waals surface area contributed by atoms with E-state index >= 15 is 0 Å². The van der Waals surface area contributed by atoms with E-state index in [1.54, 1.807) is 25.3 Å². The second-order valence-electron chi connectivity index (χ2n) is 5.51. The highest BCUT2D eigenvalue weighted by Gasteiger charge is 2.22. The summed E-state index contributed by atoms with van der Waals surface area (Å²) in [4.78, 5) is 12.2. The monoisotopic (exact) mass is 455 g/mol. The summed E-state index contributed by atoms with van der Waals surface area (Å²) >= 11 is 18.8. The Balaban J connectivity index is 1.63. The molecule has 3 rings (SSSR count). The maximum atomic E-state index is 11.8. The molecule has 146 valence electrons. The molecular weight excluding hydrogens is 441 g/mol. The highest BCUT2D eigenvalue weighted by Crippen LogP contribution is 2.36. The van der Waals surface area contributed by atoms with Crippen molar-refractivity contribution in [2.45, 2.75) is 0 Å².